The van der Waals surface area contributed by atoms with Crippen LogP contribution in [0.2, 0.25) is 0 Å². The van der Waals surface area contributed by atoms with Crippen molar-refractivity contribution in [2.24, 2.45) is 5.73 Å². The molecule has 1 aromatic rings. The fraction of sp³-hybridized carbons (Fsp3) is 0.538. The van der Waals surface area contributed by atoms with E-state index in [1.807, 2.05) is 0 Å². The van der Waals surface area contributed by atoms with Crippen LogP contribution in [0.5, 0.6) is 0 Å². The summed E-state index contributed by atoms with van der Waals surface area (Å²) in [5.41, 5.74) is 9.90. The zero-order chi connectivity index (χ0) is 10.8. The average Bonchev–Trinajstić information content (AvgIpc) is 2.29. The van der Waals surface area contributed by atoms with Gasteiger partial charge in [0.1, 0.15) is 0 Å². The van der Waals surface area contributed by atoms with Gasteiger partial charge in [-0.25, -0.2) is 0 Å². The molecule has 0 spiro atoms. The molecule has 1 heterocycles. The van der Waals surface area contributed by atoms with Gasteiger partial charge >= 0.3 is 0 Å². The molecule has 0 saturated carbocycles. The number of rotatable bonds is 2. The molecule has 0 saturated heterocycles. The second kappa shape index (κ2) is 4.33. The fourth-order valence-electron chi connectivity index (χ4n) is 2.50. The summed E-state index contributed by atoms with van der Waals surface area (Å²) in [5, 5.41) is 0. The Hall–Kier alpha value is -0.860. The van der Waals surface area contributed by atoms with E-state index < -0.39 is 0 Å². The zero-order valence-electron chi connectivity index (χ0n) is 9.66. The molecule has 1 unspecified atom stereocenters. The summed E-state index contributed by atoms with van der Waals surface area (Å²) in [7, 11) is 0. The third-order valence-electron chi connectivity index (χ3n) is 3.52. The summed E-state index contributed by atoms with van der Waals surface area (Å²) in [5.74, 6) is 0. The van der Waals surface area contributed by atoms with Crippen molar-refractivity contribution in [1.29, 1.82) is 0 Å². The lowest BCUT2D eigenvalue weighted by Gasteiger charge is -2.34. The predicted octanol–water partition coefficient (Wildman–Crippen LogP) is 2.08. The van der Waals surface area contributed by atoms with E-state index in [0.717, 1.165) is 6.54 Å². The lowest BCUT2D eigenvalue weighted by atomic mass is 9.92. The summed E-state index contributed by atoms with van der Waals surface area (Å²) < 4.78 is 0. The maximum absolute atomic E-state index is 5.66. The Balaban J connectivity index is 2.33. The van der Waals surface area contributed by atoms with Crippen molar-refractivity contribution >= 4 is 0 Å². The van der Waals surface area contributed by atoms with Crippen LogP contribution in [0, 0.1) is 0 Å². The predicted molar refractivity (Wildman–Crippen MR) is 63.7 cm³/mol. The first-order chi connectivity index (χ1) is 7.26. The first-order valence-electron chi connectivity index (χ1n) is 5.82. The van der Waals surface area contributed by atoms with Gasteiger partial charge in [-0.05, 0) is 36.6 Å². The van der Waals surface area contributed by atoms with Crippen molar-refractivity contribution in [3.63, 3.8) is 0 Å². The number of hydrogen-bond acceptors (Lipinski definition) is 2. The van der Waals surface area contributed by atoms with Crippen LogP contribution >= 0.6 is 0 Å². The Bertz CT molecular complexity index is 346. The van der Waals surface area contributed by atoms with E-state index in [4.69, 9.17) is 5.73 Å². The summed E-state index contributed by atoms with van der Waals surface area (Å²) in [6.07, 6.45) is 1.17. The molecule has 2 heteroatoms. The lowest BCUT2D eigenvalue weighted by molar-refractivity contribution is 0.209. The van der Waals surface area contributed by atoms with Crippen LogP contribution in [0.1, 0.15) is 36.6 Å². The van der Waals surface area contributed by atoms with Gasteiger partial charge in [0, 0.05) is 19.1 Å². The number of nitrogens with two attached hydrogens (primary N) is 1. The number of hydrogen-bond donors (Lipinski definition) is 1. The van der Waals surface area contributed by atoms with E-state index in [0.29, 0.717) is 12.6 Å². The molecule has 0 radical (unpaired) electrons. The molecule has 0 bridgehead atoms. The van der Waals surface area contributed by atoms with Crippen LogP contribution in [-0.4, -0.2) is 18.0 Å². The summed E-state index contributed by atoms with van der Waals surface area (Å²) >= 11 is 0. The Labute approximate surface area is 92.1 Å². The maximum atomic E-state index is 5.66. The van der Waals surface area contributed by atoms with E-state index in [1.165, 1.54) is 29.7 Å². The van der Waals surface area contributed by atoms with Gasteiger partial charge in [-0.3, -0.25) is 4.90 Å². The molecule has 0 aromatic heterocycles. The number of fused-ring (bicyclic) bond motifs is 1. The van der Waals surface area contributed by atoms with E-state index in [-0.39, 0.29) is 0 Å². The van der Waals surface area contributed by atoms with Gasteiger partial charge in [0.25, 0.3) is 0 Å². The van der Waals surface area contributed by atoms with E-state index >= 15 is 0 Å². The molecule has 1 aliphatic heterocycles. The molecule has 0 amide bonds. The Morgan fingerprint density at radius 2 is 2.27 bits per heavy atom. The molecule has 2 rings (SSSR count). The second-order valence-electron chi connectivity index (χ2n) is 4.29. The van der Waals surface area contributed by atoms with Crippen LogP contribution in [0.3, 0.4) is 0 Å². The normalized spacial score (nSPS) is 21.4. The van der Waals surface area contributed by atoms with Crippen LogP contribution < -0.4 is 5.73 Å². The molecule has 1 atom stereocenters. The summed E-state index contributed by atoms with van der Waals surface area (Å²) in [6, 6.07) is 7.25. The van der Waals surface area contributed by atoms with Crippen molar-refractivity contribution in [2.75, 3.05) is 13.1 Å². The van der Waals surface area contributed by atoms with Gasteiger partial charge in [-0.15, -0.1) is 0 Å². The first kappa shape index (κ1) is 10.7. The van der Waals surface area contributed by atoms with E-state index in [9.17, 15) is 0 Å². The number of likely N-dealkylation sites (N-methyl/N-ethyl adjacent to an activating group) is 1. The van der Waals surface area contributed by atoms with Gasteiger partial charge in [0.2, 0.25) is 0 Å². The SMILES string of the molecule is CCN1CCc2cc(CN)ccc2C1C. The second-order valence-corrected chi connectivity index (χ2v) is 4.29. The number of benzene rings is 1. The molecule has 0 aliphatic carbocycles. The van der Waals surface area contributed by atoms with Crippen molar-refractivity contribution < 1.29 is 0 Å². The third-order valence-corrected chi connectivity index (χ3v) is 3.52. The first-order valence-corrected chi connectivity index (χ1v) is 5.82. The number of nitrogens with zero attached hydrogens (tertiary/aromatic N) is 1. The third kappa shape index (κ3) is 1.92. The highest BCUT2D eigenvalue weighted by atomic mass is 15.1. The lowest BCUT2D eigenvalue weighted by Crippen LogP contribution is -2.33. The molecule has 2 N–H and O–H groups in total. The molecular formula is C13H20N2. The minimum Gasteiger partial charge on any atom is -0.326 e. The standard InChI is InChI=1S/C13H20N2/c1-3-15-7-6-12-8-11(9-14)4-5-13(12)10(15)2/h4-5,8,10H,3,6-7,9,14H2,1-2H3. The molecule has 1 aromatic carbocycles. The van der Waals surface area contributed by atoms with Gasteiger partial charge in [-0.1, -0.05) is 25.1 Å². The molecule has 2 nitrogen and oxygen atoms in total. The topological polar surface area (TPSA) is 29.3 Å². The Morgan fingerprint density at radius 1 is 1.47 bits per heavy atom. The van der Waals surface area contributed by atoms with Crippen molar-refractivity contribution in [2.45, 2.75) is 32.9 Å². The Morgan fingerprint density at radius 3 is 2.93 bits per heavy atom. The zero-order valence-corrected chi connectivity index (χ0v) is 9.66. The van der Waals surface area contributed by atoms with Gasteiger partial charge < -0.3 is 5.73 Å². The van der Waals surface area contributed by atoms with Crippen LogP contribution in [0.4, 0.5) is 0 Å². The summed E-state index contributed by atoms with van der Waals surface area (Å²) in [6.45, 7) is 7.50. The monoisotopic (exact) mass is 204 g/mol. The summed E-state index contributed by atoms with van der Waals surface area (Å²) in [4.78, 5) is 2.52. The van der Waals surface area contributed by atoms with Crippen LogP contribution in [0.15, 0.2) is 18.2 Å². The van der Waals surface area contributed by atoms with E-state index in [2.05, 4.69) is 36.9 Å². The van der Waals surface area contributed by atoms with Crippen molar-refractivity contribution in [1.82, 2.24) is 4.90 Å². The molecular weight excluding hydrogens is 184 g/mol. The highest BCUT2D eigenvalue weighted by molar-refractivity contribution is 5.36. The van der Waals surface area contributed by atoms with Crippen molar-refractivity contribution in [3.8, 4) is 0 Å². The van der Waals surface area contributed by atoms with Gasteiger partial charge in [0.05, 0.1) is 0 Å². The maximum Gasteiger partial charge on any atom is 0.0322 e. The molecule has 1 aliphatic rings. The highest BCUT2D eigenvalue weighted by Crippen LogP contribution is 2.29. The molecule has 82 valence electrons. The molecule has 15 heavy (non-hydrogen) atoms. The minimum absolute atomic E-state index is 0.561. The minimum atomic E-state index is 0.561. The van der Waals surface area contributed by atoms with Crippen LogP contribution in [-0.2, 0) is 13.0 Å². The Kier molecular flexibility index (Phi) is 3.08. The van der Waals surface area contributed by atoms with E-state index in [1.54, 1.807) is 0 Å². The quantitative estimate of drug-likeness (QED) is 0.799. The largest absolute Gasteiger partial charge is 0.326 e. The average molecular weight is 204 g/mol. The van der Waals surface area contributed by atoms with Gasteiger partial charge in [0.15, 0.2) is 0 Å². The van der Waals surface area contributed by atoms with Crippen molar-refractivity contribution in [3.05, 3.63) is 34.9 Å². The smallest absolute Gasteiger partial charge is 0.0322 e. The highest BCUT2D eigenvalue weighted by Gasteiger charge is 2.22. The van der Waals surface area contributed by atoms with Crippen LogP contribution in [0.25, 0.3) is 0 Å². The fourth-order valence-corrected chi connectivity index (χ4v) is 2.50. The molecule has 0 fully saturated rings. The van der Waals surface area contributed by atoms with Gasteiger partial charge in [-0.2, -0.15) is 0 Å².